The molecule has 0 aliphatic carbocycles. The fourth-order valence-corrected chi connectivity index (χ4v) is 4.41. The number of hydrogen-bond donors (Lipinski definition) is 2. The minimum atomic E-state index is 0. The Morgan fingerprint density at radius 2 is 1.79 bits per heavy atom. The van der Waals surface area contributed by atoms with Gasteiger partial charge in [-0.05, 0) is 62.2 Å². The Morgan fingerprint density at radius 1 is 1.03 bits per heavy atom. The van der Waals surface area contributed by atoms with E-state index >= 15 is 0 Å². The Balaban J connectivity index is 0.00000306. The first-order valence-electron chi connectivity index (χ1n) is 11.8. The molecule has 2 N–H and O–H groups in total. The first kappa shape index (κ1) is 25.6. The summed E-state index contributed by atoms with van der Waals surface area (Å²) in [6, 6.07) is 13.3. The van der Waals surface area contributed by atoms with Gasteiger partial charge in [0.25, 0.3) is 0 Å². The minimum absolute atomic E-state index is 0. The SMILES string of the molecule is CN=C(NCc1ccnc(N2CCN(C)CC2)c1)NC(C)c1cccc(N2CCCC2)c1.I. The second-order valence-corrected chi connectivity index (χ2v) is 8.89. The third-order valence-electron chi connectivity index (χ3n) is 6.52. The average Bonchev–Trinajstić information content (AvgIpc) is 3.37. The van der Waals surface area contributed by atoms with Gasteiger partial charge in [-0.15, -0.1) is 24.0 Å². The number of aliphatic imine (C=N–C) groups is 1. The van der Waals surface area contributed by atoms with Crippen molar-refractivity contribution in [2.45, 2.75) is 32.4 Å². The number of anilines is 2. The van der Waals surface area contributed by atoms with Crippen LogP contribution in [-0.2, 0) is 6.54 Å². The maximum atomic E-state index is 4.59. The number of likely N-dealkylation sites (N-methyl/N-ethyl adjacent to an activating group) is 1. The molecule has 3 heterocycles. The number of halogens is 1. The average molecular weight is 564 g/mol. The molecule has 2 aliphatic heterocycles. The summed E-state index contributed by atoms with van der Waals surface area (Å²) in [5.41, 5.74) is 3.81. The van der Waals surface area contributed by atoms with Crippen LogP contribution >= 0.6 is 24.0 Å². The molecular weight excluding hydrogens is 525 g/mol. The van der Waals surface area contributed by atoms with Gasteiger partial charge in [-0.2, -0.15) is 0 Å². The van der Waals surface area contributed by atoms with E-state index in [0.29, 0.717) is 6.54 Å². The second-order valence-electron chi connectivity index (χ2n) is 8.89. The number of nitrogens with one attached hydrogen (secondary N) is 2. The van der Waals surface area contributed by atoms with E-state index in [2.05, 4.69) is 85.7 Å². The Labute approximate surface area is 215 Å². The van der Waals surface area contributed by atoms with Crippen LogP contribution in [0.4, 0.5) is 11.5 Å². The Kier molecular flexibility index (Phi) is 9.61. The molecule has 7 nitrogen and oxygen atoms in total. The van der Waals surface area contributed by atoms with E-state index in [1.54, 1.807) is 0 Å². The first-order valence-corrected chi connectivity index (χ1v) is 11.8. The third-order valence-corrected chi connectivity index (χ3v) is 6.52. The molecule has 2 saturated heterocycles. The summed E-state index contributed by atoms with van der Waals surface area (Å²) >= 11 is 0. The summed E-state index contributed by atoms with van der Waals surface area (Å²) in [5.74, 6) is 1.87. The number of guanidine groups is 1. The maximum Gasteiger partial charge on any atom is 0.191 e. The van der Waals surface area contributed by atoms with E-state index in [1.807, 2.05) is 13.2 Å². The zero-order valence-corrected chi connectivity index (χ0v) is 22.5. The van der Waals surface area contributed by atoms with E-state index < -0.39 is 0 Å². The van der Waals surface area contributed by atoms with Crippen molar-refractivity contribution in [3.8, 4) is 0 Å². The Bertz CT molecular complexity index is 905. The van der Waals surface area contributed by atoms with Gasteiger partial charge in [-0.3, -0.25) is 4.99 Å². The molecule has 1 unspecified atom stereocenters. The van der Waals surface area contributed by atoms with Gasteiger partial charge in [0.15, 0.2) is 5.96 Å². The monoisotopic (exact) mass is 563 g/mol. The summed E-state index contributed by atoms with van der Waals surface area (Å²) in [6.07, 6.45) is 4.49. The fourth-order valence-electron chi connectivity index (χ4n) is 4.41. The molecule has 2 aromatic rings. The van der Waals surface area contributed by atoms with Gasteiger partial charge in [0, 0.05) is 64.7 Å². The predicted molar refractivity (Wildman–Crippen MR) is 149 cm³/mol. The van der Waals surface area contributed by atoms with Crippen molar-refractivity contribution in [2.24, 2.45) is 4.99 Å². The van der Waals surface area contributed by atoms with Gasteiger partial charge in [0.1, 0.15) is 5.82 Å². The zero-order chi connectivity index (χ0) is 22.3. The smallest absolute Gasteiger partial charge is 0.191 e. The molecule has 4 rings (SSSR count). The van der Waals surface area contributed by atoms with Crippen LogP contribution in [0.15, 0.2) is 47.6 Å². The van der Waals surface area contributed by atoms with Crippen molar-refractivity contribution in [3.63, 3.8) is 0 Å². The summed E-state index contributed by atoms with van der Waals surface area (Å²) in [7, 11) is 4.00. The van der Waals surface area contributed by atoms with E-state index in [0.717, 1.165) is 51.0 Å². The van der Waals surface area contributed by atoms with Gasteiger partial charge >= 0.3 is 0 Å². The van der Waals surface area contributed by atoms with E-state index in [9.17, 15) is 0 Å². The first-order chi connectivity index (χ1) is 15.6. The number of nitrogens with zero attached hydrogens (tertiary/aromatic N) is 5. The highest BCUT2D eigenvalue weighted by Crippen LogP contribution is 2.24. The van der Waals surface area contributed by atoms with Crippen molar-refractivity contribution < 1.29 is 0 Å². The molecule has 1 atom stereocenters. The standard InChI is InChI=1S/C25H37N7.HI/c1-20(22-7-6-8-23(18-22)31-11-4-5-12-31)29-25(26-2)28-19-21-9-10-27-24(17-21)32-15-13-30(3)14-16-32;/h6-10,17-18,20H,4-5,11-16,19H2,1-3H3,(H2,26,28,29);1H. The third kappa shape index (κ3) is 6.96. The molecule has 0 radical (unpaired) electrons. The highest BCUT2D eigenvalue weighted by molar-refractivity contribution is 14.0. The summed E-state index contributed by atoms with van der Waals surface area (Å²) < 4.78 is 0. The number of piperazine rings is 1. The molecule has 2 fully saturated rings. The highest BCUT2D eigenvalue weighted by Gasteiger charge is 2.16. The number of aromatic nitrogens is 1. The molecule has 0 spiro atoms. The van der Waals surface area contributed by atoms with Crippen molar-refractivity contribution in [1.29, 1.82) is 0 Å². The quantitative estimate of drug-likeness (QED) is 0.319. The van der Waals surface area contributed by atoms with Crippen LogP contribution in [0.3, 0.4) is 0 Å². The van der Waals surface area contributed by atoms with Gasteiger partial charge in [0.05, 0.1) is 6.04 Å². The molecule has 8 heteroatoms. The highest BCUT2D eigenvalue weighted by atomic mass is 127. The van der Waals surface area contributed by atoms with E-state index in [1.165, 1.54) is 29.7 Å². The van der Waals surface area contributed by atoms with Crippen LogP contribution in [0.25, 0.3) is 0 Å². The van der Waals surface area contributed by atoms with Crippen LogP contribution in [0.2, 0.25) is 0 Å². The molecule has 1 aromatic heterocycles. The minimum Gasteiger partial charge on any atom is -0.372 e. The van der Waals surface area contributed by atoms with Gasteiger partial charge in [0.2, 0.25) is 0 Å². The molecule has 0 amide bonds. The predicted octanol–water partition coefficient (Wildman–Crippen LogP) is 3.48. The lowest BCUT2D eigenvalue weighted by Crippen LogP contribution is -2.44. The molecular formula is C25H38IN7. The lowest BCUT2D eigenvalue weighted by molar-refractivity contribution is 0.312. The topological polar surface area (TPSA) is 59.0 Å². The summed E-state index contributed by atoms with van der Waals surface area (Å²) in [5, 5.41) is 7.01. The molecule has 180 valence electrons. The van der Waals surface area contributed by atoms with Crippen LogP contribution in [0.5, 0.6) is 0 Å². The molecule has 0 saturated carbocycles. The van der Waals surface area contributed by atoms with Crippen LogP contribution in [0, 0.1) is 0 Å². The van der Waals surface area contributed by atoms with Crippen molar-refractivity contribution >= 4 is 41.4 Å². The maximum absolute atomic E-state index is 4.59. The number of rotatable bonds is 6. The van der Waals surface area contributed by atoms with Crippen molar-refractivity contribution in [1.82, 2.24) is 20.5 Å². The molecule has 1 aromatic carbocycles. The van der Waals surface area contributed by atoms with Crippen LogP contribution in [0.1, 0.15) is 36.9 Å². The van der Waals surface area contributed by atoms with Crippen molar-refractivity contribution in [2.75, 3.05) is 63.2 Å². The lowest BCUT2D eigenvalue weighted by atomic mass is 10.1. The largest absolute Gasteiger partial charge is 0.372 e. The fraction of sp³-hybridized carbons (Fsp3) is 0.520. The molecule has 2 aliphatic rings. The van der Waals surface area contributed by atoms with Crippen LogP contribution < -0.4 is 20.4 Å². The van der Waals surface area contributed by atoms with Gasteiger partial charge in [-0.25, -0.2) is 4.98 Å². The number of pyridine rings is 1. The summed E-state index contributed by atoms with van der Waals surface area (Å²) in [6.45, 7) is 9.44. The summed E-state index contributed by atoms with van der Waals surface area (Å²) in [4.78, 5) is 16.2. The lowest BCUT2D eigenvalue weighted by Gasteiger charge is -2.33. The van der Waals surface area contributed by atoms with Crippen LogP contribution in [-0.4, -0.2) is 69.2 Å². The number of benzene rings is 1. The van der Waals surface area contributed by atoms with Gasteiger partial charge < -0.3 is 25.3 Å². The second kappa shape index (κ2) is 12.4. The Hall–Kier alpha value is -2.07. The van der Waals surface area contributed by atoms with Gasteiger partial charge in [-0.1, -0.05) is 12.1 Å². The number of hydrogen-bond acceptors (Lipinski definition) is 5. The van der Waals surface area contributed by atoms with Crippen molar-refractivity contribution in [3.05, 3.63) is 53.7 Å². The Morgan fingerprint density at radius 3 is 2.52 bits per heavy atom. The molecule has 33 heavy (non-hydrogen) atoms. The van der Waals surface area contributed by atoms with E-state index in [-0.39, 0.29) is 30.0 Å². The normalized spacial score (nSPS) is 18.1. The van der Waals surface area contributed by atoms with E-state index in [4.69, 9.17) is 0 Å². The molecule has 0 bridgehead atoms. The zero-order valence-electron chi connectivity index (χ0n) is 20.1.